The number of hydrogen-bond donors (Lipinski definition) is 2. The monoisotopic (exact) mass is 326 g/mol. The molecule has 0 bridgehead atoms. The van der Waals surface area contributed by atoms with E-state index in [2.05, 4.69) is 26.6 Å². The SMILES string of the molecule is COCc1c(Br)cccc1NCCC(=O)NC1CC1. The summed E-state index contributed by atoms with van der Waals surface area (Å²) in [4.78, 5) is 11.6. The van der Waals surface area contributed by atoms with Crippen molar-refractivity contribution in [3.8, 4) is 0 Å². The number of carbonyl (C=O) groups excluding carboxylic acids is 1. The number of amides is 1. The minimum atomic E-state index is 0.123. The van der Waals surface area contributed by atoms with Gasteiger partial charge in [0.05, 0.1) is 6.61 Å². The summed E-state index contributed by atoms with van der Waals surface area (Å²) in [5, 5.41) is 6.27. The Hall–Kier alpha value is -1.07. The normalized spacial score (nSPS) is 14.2. The minimum absolute atomic E-state index is 0.123. The van der Waals surface area contributed by atoms with Gasteiger partial charge in [-0.2, -0.15) is 0 Å². The van der Waals surface area contributed by atoms with Gasteiger partial charge in [-0.05, 0) is 25.0 Å². The van der Waals surface area contributed by atoms with Gasteiger partial charge in [0.2, 0.25) is 5.91 Å². The van der Waals surface area contributed by atoms with E-state index < -0.39 is 0 Å². The second-order valence-corrected chi connectivity index (χ2v) is 5.57. The molecule has 1 amide bonds. The molecule has 4 nitrogen and oxygen atoms in total. The number of benzene rings is 1. The number of hydrogen-bond acceptors (Lipinski definition) is 3. The molecule has 1 fully saturated rings. The molecule has 0 aromatic heterocycles. The summed E-state index contributed by atoms with van der Waals surface area (Å²) in [6, 6.07) is 6.38. The van der Waals surface area contributed by atoms with Crippen molar-refractivity contribution in [3.63, 3.8) is 0 Å². The Morgan fingerprint density at radius 1 is 1.47 bits per heavy atom. The lowest BCUT2D eigenvalue weighted by Gasteiger charge is -2.13. The zero-order chi connectivity index (χ0) is 13.7. The van der Waals surface area contributed by atoms with Crippen LogP contribution in [0.25, 0.3) is 0 Å². The topological polar surface area (TPSA) is 50.4 Å². The third-order valence-electron chi connectivity index (χ3n) is 3.02. The van der Waals surface area contributed by atoms with E-state index in [0.29, 0.717) is 25.6 Å². The van der Waals surface area contributed by atoms with Gasteiger partial charge in [-0.25, -0.2) is 0 Å². The van der Waals surface area contributed by atoms with Crippen LogP contribution in [0, 0.1) is 0 Å². The molecule has 5 heteroatoms. The van der Waals surface area contributed by atoms with E-state index in [0.717, 1.165) is 28.6 Å². The molecule has 104 valence electrons. The first-order valence-corrected chi connectivity index (χ1v) is 7.29. The van der Waals surface area contributed by atoms with Crippen molar-refractivity contribution in [3.05, 3.63) is 28.2 Å². The second-order valence-electron chi connectivity index (χ2n) is 4.72. The Balaban J connectivity index is 1.84. The van der Waals surface area contributed by atoms with Crippen LogP contribution in [-0.2, 0) is 16.1 Å². The van der Waals surface area contributed by atoms with E-state index in [1.807, 2.05) is 18.2 Å². The van der Waals surface area contributed by atoms with Gasteiger partial charge in [0.15, 0.2) is 0 Å². The molecular formula is C14H19BrN2O2. The molecular weight excluding hydrogens is 308 g/mol. The summed E-state index contributed by atoms with van der Waals surface area (Å²) >= 11 is 3.51. The van der Waals surface area contributed by atoms with Crippen LogP contribution in [0.4, 0.5) is 5.69 Å². The molecule has 1 saturated carbocycles. The van der Waals surface area contributed by atoms with Gasteiger partial charge in [-0.3, -0.25) is 4.79 Å². The van der Waals surface area contributed by atoms with Crippen LogP contribution >= 0.6 is 15.9 Å². The highest BCUT2D eigenvalue weighted by Crippen LogP contribution is 2.25. The summed E-state index contributed by atoms with van der Waals surface area (Å²) < 4.78 is 6.20. The Kier molecular flexibility index (Phi) is 5.22. The molecule has 0 radical (unpaired) electrons. The minimum Gasteiger partial charge on any atom is -0.384 e. The number of ether oxygens (including phenoxy) is 1. The highest BCUT2D eigenvalue weighted by Gasteiger charge is 2.22. The van der Waals surface area contributed by atoms with E-state index in [1.54, 1.807) is 7.11 Å². The molecule has 1 aliphatic rings. The quantitative estimate of drug-likeness (QED) is 0.810. The summed E-state index contributed by atoms with van der Waals surface area (Å²) in [5.74, 6) is 0.123. The van der Waals surface area contributed by atoms with Crippen LogP contribution in [0.15, 0.2) is 22.7 Å². The fourth-order valence-corrected chi connectivity index (χ4v) is 2.33. The van der Waals surface area contributed by atoms with Gasteiger partial charge >= 0.3 is 0 Å². The Morgan fingerprint density at radius 2 is 2.26 bits per heavy atom. The molecule has 0 unspecified atom stereocenters. The van der Waals surface area contributed by atoms with Crippen LogP contribution in [0.1, 0.15) is 24.8 Å². The smallest absolute Gasteiger partial charge is 0.221 e. The van der Waals surface area contributed by atoms with Gasteiger partial charge in [0, 0.05) is 41.8 Å². The average Bonchev–Trinajstić information content (AvgIpc) is 3.17. The molecule has 0 atom stereocenters. The molecule has 1 aromatic carbocycles. The maximum absolute atomic E-state index is 11.6. The number of halogens is 1. The van der Waals surface area contributed by atoms with Gasteiger partial charge in [0.1, 0.15) is 0 Å². The number of anilines is 1. The highest BCUT2D eigenvalue weighted by atomic mass is 79.9. The van der Waals surface area contributed by atoms with Crippen LogP contribution in [0.2, 0.25) is 0 Å². The lowest BCUT2D eigenvalue weighted by atomic mass is 10.2. The predicted octanol–water partition coefficient (Wildman–Crippen LogP) is 2.68. The van der Waals surface area contributed by atoms with E-state index in [1.165, 1.54) is 0 Å². The van der Waals surface area contributed by atoms with Crippen molar-refractivity contribution in [1.29, 1.82) is 0 Å². The lowest BCUT2D eigenvalue weighted by molar-refractivity contribution is -0.120. The van der Waals surface area contributed by atoms with E-state index >= 15 is 0 Å². The van der Waals surface area contributed by atoms with Gasteiger partial charge < -0.3 is 15.4 Å². The van der Waals surface area contributed by atoms with Gasteiger partial charge in [-0.1, -0.05) is 22.0 Å². The first kappa shape index (κ1) is 14.3. The maximum atomic E-state index is 11.6. The molecule has 0 aliphatic heterocycles. The molecule has 0 heterocycles. The zero-order valence-corrected chi connectivity index (χ0v) is 12.6. The van der Waals surface area contributed by atoms with Crippen LogP contribution in [-0.4, -0.2) is 25.6 Å². The third-order valence-corrected chi connectivity index (χ3v) is 3.76. The standard InChI is InChI=1S/C14H19BrN2O2/c1-19-9-11-12(15)3-2-4-13(11)16-8-7-14(18)17-10-5-6-10/h2-4,10,16H,5-9H2,1H3,(H,17,18). The molecule has 0 saturated heterocycles. The third kappa shape index (κ3) is 4.51. The Morgan fingerprint density at radius 3 is 2.95 bits per heavy atom. The molecule has 1 aliphatic carbocycles. The highest BCUT2D eigenvalue weighted by molar-refractivity contribution is 9.10. The fourth-order valence-electron chi connectivity index (χ4n) is 1.85. The van der Waals surface area contributed by atoms with E-state index in [-0.39, 0.29) is 5.91 Å². The average molecular weight is 327 g/mol. The molecule has 2 rings (SSSR count). The fraction of sp³-hybridized carbons (Fsp3) is 0.500. The summed E-state index contributed by atoms with van der Waals surface area (Å²) in [6.07, 6.45) is 2.75. The number of methoxy groups -OCH3 is 1. The Bertz CT molecular complexity index is 447. The van der Waals surface area contributed by atoms with Crippen molar-refractivity contribution in [1.82, 2.24) is 5.32 Å². The van der Waals surface area contributed by atoms with E-state index in [9.17, 15) is 4.79 Å². The van der Waals surface area contributed by atoms with Crippen molar-refractivity contribution < 1.29 is 9.53 Å². The number of nitrogens with one attached hydrogen (secondary N) is 2. The van der Waals surface area contributed by atoms with Gasteiger partial charge in [-0.15, -0.1) is 0 Å². The predicted molar refractivity (Wildman–Crippen MR) is 79.1 cm³/mol. The van der Waals surface area contributed by atoms with Crippen molar-refractivity contribution in [2.45, 2.75) is 31.9 Å². The molecule has 1 aromatic rings. The van der Waals surface area contributed by atoms with Crippen molar-refractivity contribution in [2.24, 2.45) is 0 Å². The molecule has 19 heavy (non-hydrogen) atoms. The second kappa shape index (κ2) is 6.91. The van der Waals surface area contributed by atoms with E-state index in [4.69, 9.17) is 4.74 Å². The molecule has 0 spiro atoms. The summed E-state index contributed by atoms with van der Waals surface area (Å²) in [7, 11) is 1.67. The van der Waals surface area contributed by atoms with Gasteiger partial charge in [0.25, 0.3) is 0 Å². The Labute approximate surface area is 122 Å². The van der Waals surface area contributed by atoms with Crippen molar-refractivity contribution in [2.75, 3.05) is 19.0 Å². The first-order valence-electron chi connectivity index (χ1n) is 6.50. The maximum Gasteiger partial charge on any atom is 0.221 e. The summed E-state index contributed by atoms with van der Waals surface area (Å²) in [6.45, 7) is 1.17. The molecule has 2 N–H and O–H groups in total. The first-order chi connectivity index (χ1) is 9.20. The summed E-state index contributed by atoms with van der Waals surface area (Å²) in [5.41, 5.74) is 2.09. The van der Waals surface area contributed by atoms with Crippen LogP contribution in [0.3, 0.4) is 0 Å². The number of carbonyl (C=O) groups is 1. The van der Waals surface area contributed by atoms with Crippen LogP contribution in [0.5, 0.6) is 0 Å². The number of rotatable bonds is 7. The lowest BCUT2D eigenvalue weighted by Crippen LogP contribution is -2.27. The zero-order valence-electron chi connectivity index (χ0n) is 11.0. The van der Waals surface area contributed by atoms with Crippen LogP contribution < -0.4 is 10.6 Å². The largest absolute Gasteiger partial charge is 0.384 e. The van der Waals surface area contributed by atoms with Crippen molar-refractivity contribution >= 4 is 27.5 Å².